The smallest absolute Gasteiger partial charge is 0.310 e. The maximum Gasteiger partial charge on any atom is 0.310 e. The van der Waals surface area contributed by atoms with Crippen molar-refractivity contribution in [2.45, 2.75) is 17.7 Å². The number of methoxy groups -OCH3 is 1. The summed E-state index contributed by atoms with van der Waals surface area (Å²) in [4.78, 5) is 10.4. The molecule has 0 aromatic heterocycles. The van der Waals surface area contributed by atoms with Crippen LogP contribution in [0, 0.1) is 0 Å². The summed E-state index contributed by atoms with van der Waals surface area (Å²) in [5, 5.41) is 8.84. The predicted molar refractivity (Wildman–Crippen MR) is 58.9 cm³/mol. The van der Waals surface area contributed by atoms with Crippen LogP contribution >= 0.6 is 0 Å². The largest absolute Gasteiger partial charge is 0.497 e. The van der Waals surface area contributed by atoms with Gasteiger partial charge < -0.3 is 9.84 Å². The molecule has 0 radical (unpaired) electrons. The van der Waals surface area contributed by atoms with Crippen LogP contribution < -0.4 is 4.74 Å². The van der Waals surface area contributed by atoms with Crippen molar-refractivity contribution in [3.63, 3.8) is 0 Å². The Balaban J connectivity index is 3.38. The molecular weight excluding hydrogens is 248 g/mol. The van der Waals surface area contributed by atoms with Crippen molar-refractivity contribution in [1.82, 2.24) is 0 Å². The first kappa shape index (κ1) is 13.5. The van der Waals surface area contributed by atoms with E-state index in [9.17, 15) is 13.2 Å². The van der Waals surface area contributed by atoms with Gasteiger partial charge in [0.25, 0.3) is 10.1 Å². The summed E-state index contributed by atoms with van der Waals surface area (Å²) in [5.41, 5.74) is 0.240. The SMILES string of the molecule is COc1cc(C(C)C(=O)O)cc(S(=O)(=O)O)c1. The highest BCUT2D eigenvalue weighted by Gasteiger charge is 2.19. The quantitative estimate of drug-likeness (QED) is 0.787. The zero-order chi connectivity index (χ0) is 13.2. The van der Waals surface area contributed by atoms with Gasteiger partial charge in [-0.05, 0) is 24.6 Å². The fourth-order valence-corrected chi connectivity index (χ4v) is 1.80. The van der Waals surface area contributed by atoms with E-state index in [1.807, 2.05) is 0 Å². The number of hydrogen-bond acceptors (Lipinski definition) is 4. The number of rotatable bonds is 4. The van der Waals surface area contributed by atoms with Crippen molar-refractivity contribution in [2.75, 3.05) is 7.11 Å². The average Bonchev–Trinajstić information content (AvgIpc) is 2.26. The fraction of sp³-hybridized carbons (Fsp3) is 0.300. The maximum atomic E-state index is 11.0. The van der Waals surface area contributed by atoms with Gasteiger partial charge in [-0.3, -0.25) is 9.35 Å². The molecule has 1 aromatic carbocycles. The highest BCUT2D eigenvalue weighted by atomic mass is 32.2. The summed E-state index contributed by atoms with van der Waals surface area (Å²) < 4.78 is 35.8. The van der Waals surface area contributed by atoms with E-state index in [0.717, 1.165) is 12.1 Å². The first-order valence-electron chi connectivity index (χ1n) is 4.65. The number of hydrogen-bond donors (Lipinski definition) is 2. The number of benzene rings is 1. The summed E-state index contributed by atoms with van der Waals surface area (Å²) in [7, 11) is -3.07. The normalized spacial score (nSPS) is 13.1. The fourth-order valence-electron chi connectivity index (χ4n) is 1.25. The molecule has 0 saturated carbocycles. The first-order chi connectivity index (χ1) is 7.75. The monoisotopic (exact) mass is 260 g/mol. The molecule has 0 heterocycles. The molecular formula is C10H12O6S. The van der Waals surface area contributed by atoms with Crippen LogP contribution in [0.1, 0.15) is 18.4 Å². The Hall–Kier alpha value is -1.60. The Morgan fingerprint density at radius 3 is 2.35 bits per heavy atom. The molecule has 1 aromatic rings. The number of carboxylic acids is 1. The Labute approximate surface area is 98.6 Å². The van der Waals surface area contributed by atoms with Crippen LogP contribution in [0.25, 0.3) is 0 Å². The molecule has 2 N–H and O–H groups in total. The highest BCUT2D eigenvalue weighted by molar-refractivity contribution is 7.85. The molecule has 1 rings (SSSR count). The second kappa shape index (κ2) is 4.72. The molecule has 0 fully saturated rings. The standard InChI is InChI=1S/C10H12O6S/c1-6(10(11)12)7-3-8(16-2)5-9(4-7)17(13,14)15/h3-6H,1-2H3,(H,11,12)(H,13,14,15). The molecule has 0 saturated heterocycles. The molecule has 0 bridgehead atoms. The topological polar surface area (TPSA) is 101 Å². The third-order valence-electron chi connectivity index (χ3n) is 2.31. The highest BCUT2D eigenvalue weighted by Crippen LogP contribution is 2.25. The molecule has 0 aliphatic heterocycles. The summed E-state index contributed by atoms with van der Waals surface area (Å²) in [6, 6.07) is 3.64. The maximum absolute atomic E-state index is 11.0. The minimum atomic E-state index is -4.39. The summed E-state index contributed by atoms with van der Waals surface area (Å²) in [5.74, 6) is -1.83. The van der Waals surface area contributed by atoms with E-state index in [1.54, 1.807) is 0 Å². The Morgan fingerprint density at radius 2 is 1.94 bits per heavy atom. The van der Waals surface area contributed by atoms with Crippen LogP contribution in [0.3, 0.4) is 0 Å². The molecule has 7 heteroatoms. The number of ether oxygens (including phenoxy) is 1. The summed E-state index contributed by atoms with van der Waals surface area (Å²) in [6.45, 7) is 1.41. The summed E-state index contributed by atoms with van der Waals surface area (Å²) >= 11 is 0. The van der Waals surface area contributed by atoms with Crippen LogP contribution in [-0.4, -0.2) is 31.2 Å². The van der Waals surface area contributed by atoms with Gasteiger partial charge in [0.15, 0.2) is 0 Å². The van der Waals surface area contributed by atoms with Crippen LogP contribution in [0.4, 0.5) is 0 Å². The molecule has 94 valence electrons. The summed E-state index contributed by atoms with van der Waals surface area (Å²) in [6.07, 6.45) is 0. The molecule has 0 aliphatic rings. The lowest BCUT2D eigenvalue weighted by Crippen LogP contribution is -2.09. The predicted octanol–water partition coefficient (Wildman–Crippen LogP) is 1.13. The van der Waals surface area contributed by atoms with Gasteiger partial charge in [-0.25, -0.2) is 0 Å². The zero-order valence-electron chi connectivity index (χ0n) is 9.25. The second-order valence-electron chi connectivity index (χ2n) is 3.48. The van der Waals surface area contributed by atoms with Crippen molar-refractivity contribution in [2.24, 2.45) is 0 Å². The van der Waals surface area contributed by atoms with Crippen molar-refractivity contribution < 1.29 is 27.6 Å². The molecule has 0 aliphatic carbocycles. The van der Waals surface area contributed by atoms with E-state index in [-0.39, 0.29) is 16.2 Å². The Kier molecular flexibility index (Phi) is 3.74. The van der Waals surface area contributed by atoms with Gasteiger partial charge in [-0.2, -0.15) is 8.42 Å². The van der Waals surface area contributed by atoms with Crippen LogP contribution in [0.5, 0.6) is 5.75 Å². The van der Waals surface area contributed by atoms with Gasteiger partial charge in [-0.15, -0.1) is 0 Å². The number of carboxylic acid groups (broad SMARTS) is 1. The van der Waals surface area contributed by atoms with Crippen molar-refractivity contribution >= 4 is 16.1 Å². The molecule has 1 unspecified atom stereocenters. The third-order valence-corrected chi connectivity index (χ3v) is 3.14. The lowest BCUT2D eigenvalue weighted by molar-refractivity contribution is -0.138. The number of carbonyl (C=O) groups is 1. The van der Waals surface area contributed by atoms with E-state index in [1.165, 1.54) is 20.1 Å². The van der Waals surface area contributed by atoms with E-state index in [0.29, 0.717) is 0 Å². The second-order valence-corrected chi connectivity index (χ2v) is 4.90. The van der Waals surface area contributed by atoms with Gasteiger partial charge in [-0.1, -0.05) is 0 Å². The third kappa shape index (κ3) is 3.18. The van der Waals surface area contributed by atoms with Gasteiger partial charge >= 0.3 is 5.97 Å². The van der Waals surface area contributed by atoms with Gasteiger partial charge in [0.05, 0.1) is 17.9 Å². The molecule has 1 atom stereocenters. The average molecular weight is 260 g/mol. The molecule has 6 nitrogen and oxygen atoms in total. The zero-order valence-corrected chi connectivity index (χ0v) is 10.1. The minimum Gasteiger partial charge on any atom is -0.497 e. The lowest BCUT2D eigenvalue weighted by atomic mass is 10.0. The van der Waals surface area contributed by atoms with Crippen molar-refractivity contribution in [1.29, 1.82) is 0 Å². The van der Waals surface area contributed by atoms with Crippen LogP contribution in [0.2, 0.25) is 0 Å². The lowest BCUT2D eigenvalue weighted by Gasteiger charge is -2.10. The van der Waals surface area contributed by atoms with Gasteiger partial charge in [0.2, 0.25) is 0 Å². The molecule has 0 spiro atoms. The van der Waals surface area contributed by atoms with Crippen LogP contribution in [0.15, 0.2) is 23.1 Å². The van der Waals surface area contributed by atoms with E-state index >= 15 is 0 Å². The Morgan fingerprint density at radius 1 is 1.35 bits per heavy atom. The van der Waals surface area contributed by atoms with Gasteiger partial charge in [0, 0.05) is 6.07 Å². The number of aliphatic carboxylic acids is 1. The molecule has 0 amide bonds. The Bertz CT molecular complexity index is 534. The van der Waals surface area contributed by atoms with Crippen LogP contribution in [-0.2, 0) is 14.9 Å². The van der Waals surface area contributed by atoms with E-state index < -0.39 is 22.0 Å². The van der Waals surface area contributed by atoms with Crippen molar-refractivity contribution in [3.8, 4) is 5.75 Å². The molecule has 17 heavy (non-hydrogen) atoms. The van der Waals surface area contributed by atoms with Crippen molar-refractivity contribution in [3.05, 3.63) is 23.8 Å². The van der Waals surface area contributed by atoms with E-state index in [4.69, 9.17) is 14.4 Å². The first-order valence-corrected chi connectivity index (χ1v) is 6.09. The van der Waals surface area contributed by atoms with E-state index in [2.05, 4.69) is 0 Å². The van der Waals surface area contributed by atoms with Gasteiger partial charge in [0.1, 0.15) is 5.75 Å². The minimum absolute atomic E-state index is 0.170.